The first-order chi connectivity index (χ1) is 19.9. The summed E-state index contributed by atoms with van der Waals surface area (Å²) < 4.78 is 5.42. The van der Waals surface area contributed by atoms with Gasteiger partial charge in [-0.25, -0.2) is 0 Å². The Morgan fingerprint density at radius 1 is 0.829 bits per heavy atom. The van der Waals surface area contributed by atoms with E-state index in [1.807, 2.05) is 35.3 Å². The number of carbonyl (C=O) groups is 3. The maximum atomic E-state index is 14.7. The Morgan fingerprint density at radius 3 is 2.24 bits per heavy atom. The Labute approximate surface area is 247 Å². The number of fused-ring (bicyclic) bond motifs is 5. The first-order valence-corrected chi connectivity index (χ1v) is 14.0. The third-order valence-electron chi connectivity index (χ3n) is 8.60. The fourth-order valence-corrected chi connectivity index (χ4v) is 7.35. The van der Waals surface area contributed by atoms with Gasteiger partial charge in [-0.15, -0.1) is 0 Å². The lowest BCUT2D eigenvalue weighted by molar-refractivity contribution is 0.0666. The standard InChI is InChI=1S/C34H23Cl2NO4/c1-41-24-9-5-7-21(18-24)31(38)30-29(20-6-4-8-22(35)17-20)34(32(39)25-10-2-3-11-26(25)33(34)40)28-15-12-19-16-23(36)13-14-27(19)37(28)30/h2-18,28-30H,1H3/t28?,29-,30+/m0/s1. The van der Waals surface area contributed by atoms with E-state index in [-0.39, 0.29) is 17.3 Å². The molecule has 2 aliphatic heterocycles. The lowest BCUT2D eigenvalue weighted by atomic mass is 9.64. The minimum Gasteiger partial charge on any atom is -0.497 e. The molecule has 1 spiro atoms. The predicted octanol–water partition coefficient (Wildman–Crippen LogP) is 7.32. The van der Waals surface area contributed by atoms with Gasteiger partial charge in [-0.2, -0.15) is 0 Å². The third kappa shape index (κ3) is 3.59. The van der Waals surface area contributed by atoms with E-state index in [0.717, 1.165) is 11.3 Å². The molecular formula is C34H23Cl2NO4. The van der Waals surface area contributed by atoms with Crippen LogP contribution in [0, 0.1) is 5.41 Å². The number of Topliss-reactive ketones (excluding diaryl/α,β-unsaturated/α-hetero) is 3. The van der Waals surface area contributed by atoms with Gasteiger partial charge in [0.05, 0.1) is 13.2 Å². The number of halogens is 2. The zero-order valence-corrected chi connectivity index (χ0v) is 23.4. The molecule has 4 aromatic rings. The highest BCUT2D eigenvalue weighted by Gasteiger charge is 2.71. The quantitative estimate of drug-likeness (QED) is 0.187. The normalized spacial score (nSPS) is 21.5. The lowest BCUT2D eigenvalue weighted by Gasteiger charge is -2.37. The van der Waals surface area contributed by atoms with Gasteiger partial charge in [-0.05, 0) is 53.6 Å². The first kappa shape index (κ1) is 25.8. The summed E-state index contributed by atoms with van der Waals surface area (Å²) in [5.74, 6) is -1.13. The van der Waals surface area contributed by atoms with E-state index in [0.29, 0.717) is 38.0 Å². The van der Waals surface area contributed by atoms with Crippen LogP contribution in [0.1, 0.15) is 48.1 Å². The van der Waals surface area contributed by atoms with E-state index in [2.05, 4.69) is 0 Å². The summed E-state index contributed by atoms with van der Waals surface area (Å²) in [5, 5.41) is 0.997. The number of hydrogen-bond acceptors (Lipinski definition) is 5. The Kier molecular flexibility index (Phi) is 5.93. The van der Waals surface area contributed by atoms with Gasteiger partial charge in [0.25, 0.3) is 0 Å². The summed E-state index contributed by atoms with van der Waals surface area (Å²) in [5.41, 5.74) is 1.73. The largest absolute Gasteiger partial charge is 0.497 e. The number of methoxy groups -OCH3 is 1. The van der Waals surface area contributed by atoms with E-state index in [1.54, 1.807) is 79.9 Å². The molecule has 1 saturated heterocycles. The number of benzene rings is 4. The SMILES string of the molecule is COc1cccc(C(=O)[C@H]2[C@H](c3cccc(Cl)c3)C3(C(=O)c4ccccc4C3=O)C3C=Cc4cc(Cl)ccc4N32)c1. The number of ketones is 3. The van der Waals surface area contributed by atoms with Crippen LogP contribution in [0.3, 0.4) is 0 Å². The molecule has 0 saturated carbocycles. The Bertz CT molecular complexity index is 1780. The van der Waals surface area contributed by atoms with E-state index in [4.69, 9.17) is 27.9 Å². The van der Waals surface area contributed by atoms with Crippen LogP contribution < -0.4 is 9.64 Å². The molecule has 1 aliphatic carbocycles. The van der Waals surface area contributed by atoms with Gasteiger partial charge in [0, 0.05) is 38.3 Å². The van der Waals surface area contributed by atoms with Gasteiger partial charge >= 0.3 is 0 Å². The molecule has 1 unspecified atom stereocenters. The highest BCUT2D eigenvalue weighted by atomic mass is 35.5. The van der Waals surface area contributed by atoms with Crippen LogP contribution in [-0.4, -0.2) is 36.5 Å². The summed E-state index contributed by atoms with van der Waals surface area (Å²) in [6, 6.07) is 24.8. The Hall–Kier alpha value is -4.19. The molecule has 3 atom stereocenters. The predicted molar refractivity (Wildman–Crippen MR) is 160 cm³/mol. The monoisotopic (exact) mass is 579 g/mol. The average molecular weight is 580 g/mol. The van der Waals surface area contributed by atoms with Crippen LogP contribution >= 0.6 is 23.2 Å². The summed E-state index contributed by atoms with van der Waals surface area (Å²) in [6.07, 6.45) is 3.76. The summed E-state index contributed by atoms with van der Waals surface area (Å²) in [4.78, 5) is 46.0. The molecule has 0 bridgehead atoms. The zero-order chi connectivity index (χ0) is 28.5. The molecule has 202 valence electrons. The maximum absolute atomic E-state index is 14.7. The smallest absolute Gasteiger partial charge is 0.186 e. The summed E-state index contributed by atoms with van der Waals surface area (Å²) >= 11 is 12.9. The average Bonchev–Trinajstić information content (AvgIpc) is 3.42. The van der Waals surface area contributed by atoms with Gasteiger partial charge in [0.2, 0.25) is 0 Å². The van der Waals surface area contributed by atoms with Crippen molar-refractivity contribution >= 4 is 52.3 Å². The number of carbonyl (C=O) groups excluding carboxylic acids is 3. The van der Waals surface area contributed by atoms with Crippen molar-refractivity contribution in [2.45, 2.75) is 18.0 Å². The molecule has 0 radical (unpaired) electrons. The minimum atomic E-state index is -1.60. The van der Waals surface area contributed by atoms with E-state index >= 15 is 0 Å². The highest BCUT2D eigenvalue weighted by molar-refractivity contribution is 6.33. The van der Waals surface area contributed by atoms with Crippen molar-refractivity contribution in [3.05, 3.63) is 135 Å². The number of rotatable bonds is 4. The van der Waals surface area contributed by atoms with Crippen molar-refractivity contribution in [2.24, 2.45) is 5.41 Å². The fourth-order valence-electron chi connectivity index (χ4n) is 6.97. The number of nitrogens with zero attached hydrogens (tertiary/aromatic N) is 1. The van der Waals surface area contributed by atoms with Gasteiger partial charge in [0.1, 0.15) is 17.2 Å². The fraction of sp³-hybridized carbons (Fsp3) is 0.147. The molecule has 0 aromatic heterocycles. The molecule has 5 nitrogen and oxygen atoms in total. The van der Waals surface area contributed by atoms with E-state index in [9.17, 15) is 14.4 Å². The van der Waals surface area contributed by atoms with Crippen LogP contribution in [0.5, 0.6) is 5.75 Å². The van der Waals surface area contributed by atoms with Crippen LogP contribution in [0.4, 0.5) is 5.69 Å². The zero-order valence-electron chi connectivity index (χ0n) is 21.9. The topological polar surface area (TPSA) is 63.7 Å². The molecule has 7 heteroatoms. The molecule has 4 aromatic carbocycles. The third-order valence-corrected chi connectivity index (χ3v) is 9.07. The van der Waals surface area contributed by atoms with Crippen LogP contribution in [-0.2, 0) is 0 Å². The van der Waals surface area contributed by atoms with Crippen LogP contribution in [0.25, 0.3) is 6.08 Å². The molecule has 2 heterocycles. The Morgan fingerprint density at radius 2 is 1.54 bits per heavy atom. The molecule has 41 heavy (non-hydrogen) atoms. The molecule has 7 rings (SSSR count). The summed E-state index contributed by atoms with van der Waals surface area (Å²) in [6.45, 7) is 0. The second-order valence-electron chi connectivity index (χ2n) is 10.6. The van der Waals surface area contributed by atoms with Gasteiger partial charge in [0.15, 0.2) is 17.3 Å². The number of hydrogen-bond donors (Lipinski definition) is 0. The van der Waals surface area contributed by atoms with Crippen molar-refractivity contribution < 1.29 is 19.1 Å². The molecule has 1 fully saturated rings. The van der Waals surface area contributed by atoms with Crippen LogP contribution in [0.15, 0.2) is 97.1 Å². The lowest BCUT2D eigenvalue weighted by Crippen LogP contribution is -2.48. The molecule has 3 aliphatic rings. The second kappa shape index (κ2) is 9.44. The van der Waals surface area contributed by atoms with Crippen molar-refractivity contribution in [3.63, 3.8) is 0 Å². The number of anilines is 1. The van der Waals surface area contributed by atoms with E-state index < -0.39 is 23.4 Å². The minimum absolute atomic E-state index is 0.233. The molecule has 0 N–H and O–H groups in total. The van der Waals surface area contributed by atoms with Crippen molar-refractivity contribution in [2.75, 3.05) is 12.0 Å². The molecule has 0 amide bonds. The van der Waals surface area contributed by atoms with Crippen molar-refractivity contribution in [3.8, 4) is 5.75 Å². The van der Waals surface area contributed by atoms with Crippen molar-refractivity contribution in [1.29, 1.82) is 0 Å². The van der Waals surface area contributed by atoms with Gasteiger partial charge in [-0.3, -0.25) is 14.4 Å². The second-order valence-corrected chi connectivity index (χ2v) is 11.4. The Balaban J connectivity index is 1.55. The first-order valence-electron chi connectivity index (χ1n) is 13.2. The number of ether oxygens (including phenoxy) is 1. The van der Waals surface area contributed by atoms with E-state index in [1.165, 1.54) is 0 Å². The van der Waals surface area contributed by atoms with Gasteiger partial charge < -0.3 is 9.64 Å². The van der Waals surface area contributed by atoms with Gasteiger partial charge in [-0.1, -0.05) is 83.9 Å². The van der Waals surface area contributed by atoms with Crippen molar-refractivity contribution in [1.82, 2.24) is 0 Å². The molecular weight excluding hydrogens is 557 g/mol. The van der Waals surface area contributed by atoms with Crippen LogP contribution in [0.2, 0.25) is 10.0 Å². The summed E-state index contributed by atoms with van der Waals surface area (Å²) in [7, 11) is 1.54. The maximum Gasteiger partial charge on any atom is 0.186 e. The highest BCUT2D eigenvalue weighted by Crippen LogP contribution is 2.61.